The smallest absolute Gasteiger partial charge is 0.163 e. The van der Waals surface area contributed by atoms with E-state index in [9.17, 15) is 10.5 Å². The normalized spacial score (nSPS) is 10.1. The lowest BCUT2D eigenvalue weighted by molar-refractivity contribution is 0.348. The van der Waals surface area contributed by atoms with Gasteiger partial charge in [0, 0.05) is 12.0 Å². The van der Waals surface area contributed by atoms with Crippen LogP contribution in [0.2, 0.25) is 0 Å². The molecule has 0 heterocycles. The van der Waals surface area contributed by atoms with Crippen LogP contribution in [-0.2, 0) is 6.42 Å². The maximum Gasteiger partial charge on any atom is 0.163 e. The van der Waals surface area contributed by atoms with Crippen LogP contribution >= 0.6 is 0 Å². The zero-order valence-electron chi connectivity index (χ0n) is 11.1. The summed E-state index contributed by atoms with van der Waals surface area (Å²) in [6.07, 6.45) is 2.16. The van der Waals surface area contributed by atoms with Crippen molar-refractivity contribution in [2.24, 2.45) is 5.41 Å². The molecule has 0 aliphatic carbocycles. The lowest BCUT2D eigenvalue weighted by Crippen LogP contribution is -2.19. The van der Waals surface area contributed by atoms with Gasteiger partial charge in [0.15, 0.2) is 16.9 Å². The molecule has 4 nitrogen and oxygen atoms in total. The van der Waals surface area contributed by atoms with E-state index in [-0.39, 0.29) is 6.42 Å². The van der Waals surface area contributed by atoms with Crippen LogP contribution in [0.3, 0.4) is 0 Å². The summed E-state index contributed by atoms with van der Waals surface area (Å²) in [7, 11) is 3.09. The fourth-order valence-electron chi connectivity index (χ4n) is 1.93. The zero-order valence-corrected chi connectivity index (χ0v) is 11.1. The fraction of sp³-hybridized carbons (Fsp3) is 0.333. The van der Waals surface area contributed by atoms with E-state index in [0.29, 0.717) is 17.9 Å². The molecular formula is C15H16N2O2. The van der Waals surface area contributed by atoms with E-state index in [2.05, 4.69) is 18.7 Å². The van der Waals surface area contributed by atoms with Crippen LogP contribution in [0.15, 0.2) is 30.9 Å². The average molecular weight is 256 g/mol. The van der Waals surface area contributed by atoms with Gasteiger partial charge in [-0.3, -0.25) is 0 Å². The second-order valence-corrected chi connectivity index (χ2v) is 4.13. The summed E-state index contributed by atoms with van der Waals surface area (Å²) in [5.74, 6) is 1.15. The van der Waals surface area contributed by atoms with Crippen molar-refractivity contribution in [3.8, 4) is 23.6 Å². The van der Waals surface area contributed by atoms with Crippen molar-refractivity contribution in [3.05, 3.63) is 36.4 Å². The second-order valence-electron chi connectivity index (χ2n) is 4.13. The first kappa shape index (κ1) is 14.6. The predicted molar refractivity (Wildman–Crippen MR) is 71.7 cm³/mol. The summed E-state index contributed by atoms with van der Waals surface area (Å²) in [6, 6.07) is 9.56. The number of nitrogens with zero attached hydrogens (tertiary/aromatic N) is 2. The minimum atomic E-state index is -1.12. The molecule has 0 aliphatic heterocycles. The number of rotatable bonds is 6. The van der Waals surface area contributed by atoms with E-state index in [1.54, 1.807) is 19.3 Å². The van der Waals surface area contributed by atoms with Crippen LogP contribution in [0.5, 0.6) is 11.5 Å². The molecule has 0 spiro atoms. The Labute approximate surface area is 113 Å². The molecule has 0 bridgehead atoms. The Morgan fingerprint density at radius 3 is 2.42 bits per heavy atom. The first-order chi connectivity index (χ1) is 9.16. The van der Waals surface area contributed by atoms with Crippen LogP contribution < -0.4 is 9.47 Å². The largest absolute Gasteiger partial charge is 0.493 e. The van der Waals surface area contributed by atoms with Gasteiger partial charge in [-0.15, -0.1) is 6.58 Å². The number of ether oxygens (including phenoxy) is 2. The first-order valence-electron chi connectivity index (χ1n) is 5.79. The van der Waals surface area contributed by atoms with E-state index < -0.39 is 5.41 Å². The molecule has 0 saturated carbocycles. The fourth-order valence-corrected chi connectivity index (χ4v) is 1.93. The topological polar surface area (TPSA) is 66.0 Å². The van der Waals surface area contributed by atoms with E-state index in [0.717, 1.165) is 5.56 Å². The van der Waals surface area contributed by atoms with Gasteiger partial charge in [-0.2, -0.15) is 10.5 Å². The van der Waals surface area contributed by atoms with Gasteiger partial charge in [0.05, 0.1) is 26.4 Å². The highest BCUT2D eigenvalue weighted by atomic mass is 16.5. The van der Waals surface area contributed by atoms with E-state index in [1.807, 2.05) is 12.1 Å². The Balaban J connectivity index is 3.21. The van der Waals surface area contributed by atoms with Crippen molar-refractivity contribution in [2.45, 2.75) is 12.8 Å². The van der Waals surface area contributed by atoms with E-state index in [4.69, 9.17) is 9.47 Å². The van der Waals surface area contributed by atoms with Gasteiger partial charge in [0.1, 0.15) is 0 Å². The van der Waals surface area contributed by atoms with Crippen molar-refractivity contribution >= 4 is 0 Å². The SMILES string of the molecule is C=CCC(C#N)(C#N)Cc1cccc(OC)c1OC. The van der Waals surface area contributed by atoms with Gasteiger partial charge in [-0.25, -0.2) is 0 Å². The van der Waals surface area contributed by atoms with Gasteiger partial charge >= 0.3 is 0 Å². The van der Waals surface area contributed by atoms with Crippen molar-refractivity contribution < 1.29 is 9.47 Å². The quantitative estimate of drug-likeness (QED) is 0.734. The number of allylic oxidation sites excluding steroid dienone is 1. The van der Waals surface area contributed by atoms with E-state index >= 15 is 0 Å². The number of para-hydroxylation sites is 1. The van der Waals surface area contributed by atoms with Gasteiger partial charge in [0.2, 0.25) is 0 Å². The standard InChI is InChI=1S/C15H16N2O2/c1-4-8-15(10-16,11-17)9-12-6-5-7-13(18-2)14(12)19-3/h4-7H,1,8-9H2,2-3H3. The molecule has 0 radical (unpaired) electrons. The van der Waals surface area contributed by atoms with Crippen LogP contribution in [0.25, 0.3) is 0 Å². The van der Waals surface area contributed by atoms with Crippen LogP contribution in [0.1, 0.15) is 12.0 Å². The summed E-state index contributed by atoms with van der Waals surface area (Å²) >= 11 is 0. The molecule has 1 aromatic rings. The third-order valence-electron chi connectivity index (χ3n) is 2.90. The number of methoxy groups -OCH3 is 2. The van der Waals surface area contributed by atoms with Crippen molar-refractivity contribution in [3.63, 3.8) is 0 Å². The number of nitriles is 2. The highest BCUT2D eigenvalue weighted by Gasteiger charge is 2.30. The van der Waals surface area contributed by atoms with Gasteiger partial charge in [-0.05, 0) is 12.5 Å². The molecule has 0 fully saturated rings. The lowest BCUT2D eigenvalue weighted by Gasteiger charge is -2.19. The molecule has 0 saturated heterocycles. The number of hydrogen-bond donors (Lipinski definition) is 0. The maximum atomic E-state index is 9.27. The van der Waals surface area contributed by atoms with Crippen molar-refractivity contribution in [1.29, 1.82) is 10.5 Å². The third-order valence-corrected chi connectivity index (χ3v) is 2.90. The molecule has 0 amide bonds. The third kappa shape index (κ3) is 3.05. The molecule has 1 rings (SSSR count). The van der Waals surface area contributed by atoms with Crippen LogP contribution in [0.4, 0.5) is 0 Å². The summed E-state index contributed by atoms with van der Waals surface area (Å²) < 4.78 is 10.5. The summed E-state index contributed by atoms with van der Waals surface area (Å²) in [5, 5.41) is 18.5. The number of hydrogen-bond acceptors (Lipinski definition) is 4. The molecule has 98 valence electrons. The second kappa shape index (κ2) is 6.47. The molecule has 19 heavy (non-hydrogen) atoms. The molecule has 4 heteroatoms. The van der Waals surface area contributed by atoms with Gasteiger partial charge in [0.25, 0.3) is 0 Å². The summed E-state index contributed by atoms with van der Waals surface area (Å²) in [4.78, 5) is 0. The molecule has 0 atom stereocenters. The molecule has 1 aromatic carbocycles. The Kier molecular flexibility index (Phi) is 4.97. The van der Waals surface area contributed by atoms with Gasteiger partial charge < -0.3 is 9.47 Å². The molecular weight excluding hydrogens is 240 g/mol. The van der Waals surface area contributed by atoms with E-state index in [1.165, 1.54) is 7.11 Å². The Morgan fingerprint density at radius 2 is 1.95 bits per heavy atom. The van der Waals surface area contributed by atoms with Crippen molar-refractivity contribution in [1.82, 2.24) is 0 Å². The maximum absolute atomic E-state index is 9.27. The highest BCUT2D eigenvalue weighted by Crippen LogP contribution is 2.36. The number of benzene rings is 1. The van der Waals surface area contributed by atoms with Crippen molar-refractivity contribution in [2.75, 3.05) is 14.2 Å². The molecule has 0 aliphatic rings. The summed E-state index contributed by atoms with van der Waals surface area (Å²) in [5.41, 5.74) is -0.353. The molecule has 0 N–H and O–H groups in total. The summed E-state index contributed by atoms with van der Waals surface area (Å²) in [6.45, 7) is 3.60. The molecule has 0 unspecified atom stereocenters. The van der Waals surface area contributed by atoms with Crippen LogP contribution in [-0.4, -0.2) is 14.2 Å². The minimum absolute atomic E-state index is 0.270. The average Bonchev–Trinajstić information content (AvgIpc) is 2.46. The predicted octanol–water partition coefficient (Wildman–Crippen LogP) is 2.86. The Bertz CT molecular complexity index is 524. The van der Waals surface area contributed by atoms with Crippen LogP contribution in [0, 0.1) is 28.1 Å². The monoisotopic (exact) mass is 256 g/mol. The highest BCUT2D eigenvalue weighted by molar-refractivity contribution is 5.48. The van der Waals surface area contributed by atoms with Gasteiger partial charge in [-0.1, -0.05) is 18.2 Å². The molecule has 0 aromatic heterocycles. The Morgan fingerprint density at radius 1 is 1.26 bits per heavy atom. The lowest BCUT2D eigenvalue weighted by atomic mass is 9.81. The first-order valence-corrected chi connectivity index (χ1v) is 5.79. The Hall–Kier alpha value is -2.46. The minimum Gasteiger partial charge on any atom is -0.493 e. The zero-order chi connectivity index (χ0) is 14.3.